The van der Waals surface area contributed by atoms with E-state index in [-0.39, 0.29) is 47.7 Å². The average molecular weight is 323 g/mol. The largest absolute Gasteiger partial charge is 0.300 e. The van der Waals surface area contributed by atoms with Crippen molar-refractivity contribution in [2.45, 2.75) is 26.7 Å². The van der Waals surface area contributed by atoms with E-state index >= 15 is 0 Å². The van der Waals surface area contributed by atoms with Crippen LogP contribution in [0.5, 0.6) is 0 Å². The van der Waals surface area contributed by atoms with Gasteiger partial charge in [-0.3, -0.25) is 19.2 Å². The lowest BCUT2D eigenvalue weighted by Crippen LogP contribution is -2.04. The minimum absolute atomic E-state index is 0.0243. The van der Waals surface area contributed by atoms with E-state index in [1.165, 1.54) is 13.8 Å². The molecular formula is C12H16Cl2N2O4. The van der Waals surface area contributed by atoms with Gasteiger partial charge < -0.3 is 0 Å². The Labute approximate surface area is 127 Å². The first kappa shape index (κ1) is 23.5. The summed E-state index contributed by atoms with van der Waals surface area (Å²) in [6, 6.07) is 0. The zero-order valence-electron chi connectivity index (χ0n) is 11.2. The monoisotopic (exact) mass is 322 g/mol. The van der Waals surface area contributed by atoms with Gasteiger partial charge in [0.1, 0.15) is 11.6 Å². The molecule has 8 heteroatoms. The molecule has 112 valence electrons. The molecule has 20 heavy (non-hydrogen) atoms. The van der Waals surface area contributed by atoms with E-state index in [2.05, 4.69) is 0 Å². The van der Waals surface area contributed by atoms with E-state index < -0.39 is 0 Å². The molecule has 0 radical (unpaired) electrons. The second kappa shape index (κ2) is 17.4. The summed E-state index contributed by atoms with van der Waals surface area (Å²) in [5.41, 5.74) is 0. The molecule has 0 amide bonds. The highest BCUT2D eigenvalue weighted by atomic mass is 35.5. The summed E-state index contributed by atoms with van der Waals surface area (Å²) in [4.78, 5) is 40.8. The second-order valence-electron chi connectivity index (χ2n) is 3.35. The Hall–Kier alpha value is -1.58. The molecule has 0 atom stereocenters. The summed E-state index contributed by atoms with van der Waals surface area (Å²) in [5.74, 6) is 2.41. The molecule has 0 saturated heterocycles. The van der Waals surface area contributed by atoms with Gasteiger partial charge in [-0.05, 0) is 13.8 Å². The third-order valence-electron chi connectivity index (χ3n) is 1.25. The highest BCUT2D eigenvalue weighted by molar-refractivity contribution is 6.29. The van der Waals surface area contributed by atoms with Crippen molar-refractivity contribution in [3.8, 4) is 0 Å². The van der Waals surface area contributed by atoms with Gasteiger partial charge in [0, 0.05) is 0 Å². The summed E-state index contributed by atoms with van der Waals surface area (Å²) in [6.45, 7) is 2.73. The SMILES string of the molecule is CC(=O)CC(=O)CCl.CC(=O)CC(=O)CCl.N=C=C=N. The zero-order chi connectivity index (χ0) is 16.6. The zero-order valence-corrected chi connectivity index (χ0v) is 12.7. The summed E-state index contributed by atoms with van der Waals surface area (Å²) >= 11 is 10.2. The van der Waals surface area contributed by atoms with Crippen LogP contribution in [0.1, 0.15) is 26.7 Å². The van der Waals surface area contributed by atoms with E-state index in [0.717, 1.165) is 0 Å². The lowest BCUT2D eigenvalue weighted by atomic mass is 10.2. The maximum atomic E-state index is 10.3. The Morgan fingerprint density at radius 1 is 0.800 bits per heavy atom. The highest BCUT2D eigenvalue weighted by Gasteiger charge is 2.01. The van der Waals surface area contributed by atoms with Crippen molar-refractivity contribution in [3.05, 3.63) is 0 Å². The number of Topliss-reactive ketones (excluding diaryl/α,β-unsaturated/α-hetero) is 4. The first-order valence-corrected chi connectivity index (χ1v) is 6.29. The van der Waals surface area contributed by atoms with Crippen LogP contribution in [0.15, 0.2) is 0 Å². The fourth-order valence-corrected chi connectivity index (χ4v) is 0.839. The summed E-state index contributed by atoms with van der Waals surface area (Å²) in [6.07, 6.45) is -0.0486. The number of nitrogens with one attached hydrogen (secondary N) is 2. The minimum Gasteiger partial charge on any atom is -0.300 e. The number of rotatable bonds is 6. The molecular weight excluding hydrogens is 307 g/mol. The fourth-order valence-electron chi connectivity index (χ4n) is 0.650. The predicted octanol–water partition coefficient (Wildman–Crippen LogP) is 1.59. The van der Waals surface area contributed by atoms with Crippen LogP contribution in [0.2, 0.25) is 0 Å². The molecule has 0 aromatic carbocycles. The van der Waals surface area contributed by atoms with E-state index in [1.807, 2.05) is 0 Å². The number of carbonyl (C=O) groups is 4. The van der Waals surface area contributed by atoms with E-state index in [9.17, 15) is 19.2 Å². The quantitative estimate of drug-likeness (QED) is 0.438. The second-order valence-corrected chi connectivity index (χ2v) is 3.89. The van der Waals surface area contributed by atoms with Crippen LogP contribution < -0.4 is 0 Å². The van der Waals surface area contributed by atoms with Gasteiger partial charge in [-0.15, -0.1) is 23.2 Å². The standard InChI is InChI=1S/2C5H7ClO2.C2H2N2/c2*1-4(7)2-5(8)3-6;3-1-2-4/h2*2-3H2,1H3;3-4H. The van der Waals surface area contributed by atoms with Crippen LogP contribution in [0.25, 0.3) is 0 Å². The molecule has 0 rings (SSSR count). The predicted molar refractivity (Wildman–Crippen MR) is 77.5 cm³/mol. The first-order valence-electron chi connectivity index (χ1n) is 5.22. The Morgan fingerprint density at radius 3 is 1.10 bits per heavy atom. The minimum atomic E-state index is -0.209. The number of ketones is 4. The first-order chi connectivity index (χ1) is 9.24. The van der Waals surface area contributed by atoms with Crippen LogP contribution in [0.3, 0.4) is 0 Å². The van der Waals surface area contributed by atoms with Crippen molar-refractivity contribution in [3.63, 3.8) is 0 Å². The van der Waals surface area contributed by atoms with Gasteiger partial charge in [-0.1, -0.05) is 0 Å². The Bertz CT molecular complexity index is 374. The number of hydrogen-bond acceptors (Lipinski definition) is 6. The van der Waals surface area contributed by atoms with Gasteiger partial charge in [-0.2, -0.15) is 0 Å². The smallest absolute Gasteiger partial charge is 0.154 e. The Kier molecular flexibility index (Phi) is 20.5. The van der Waals surface area contributed by atoms with Gasteiger partial charge in [0.15, 0.2) is 11.6 Å². The van der Waals surface area contributed by atoms with Gasteiger partial charge in [0.05, 0.1) is 36.3 Å². The van der Waals surface area contributed by atoms with E-state index in [4.69, 9.17) is 34.0 Å². The third kappa shape index (κ3) is 29.9. The third-order valence-corrected chi connectivity index (χ3v) is 1.85. The van der Waals surface area contributed by atoms with E-state index in [0.29, 0.717) is 0 Å². The molecule has 6 nitrogen and oxygen atoms in total. The van der Waals surface area contributed by atoms with Crippen molar-refractivity contribution in [1.82, 2.24) is 0 Å². The average Bonchev–Trinajstić information content (AvgIpc) is 2.38. The molecule has 0 fully saturated rings. The summed E-state index contributed by atoms with van der Waals surface area (Å²) in [7, 11) is 0. The topological polar surface area (TPSA) is 116 Å². The molecule has 0 aromatic heterocycles. The summed E-state index contributed by atoms with van der Waals surface area (Å²) < 4.78 is 0. The molecule has 0 aliphatic heterocycles. The molecule has 2 N–H and O–H groups in total. The van der Waals surface area contributed by atoms with E-state index in [1.54, 1.807) is 11.7 Å². The lowest BCUT2D eigenvalue weighted by Gasteiger charge is -1.86. The molecule has 0 saturated carbocycles. The van der Waals surface area contributed by atoms with Crippen molar-refractivity contribution in [2.24, 2.45) is 0 Å². The molecule has 0 heterocycles. The van der Waals surface area contributed by atoms with Crippen molar-refractivity contribution >= 4 is 58.1 Å². The number of hydrogen-bond donors (Lipinski definition) is 2. The van der Waals surface area contributed by atoms with Gasteiger partial charge >= 0.3 is 0 Å². The fraction of sp³-hybridized carbons (Fsp3) is 0.500. The number of carbonyl (C=O) groups excluding carboxylic acids is 4. The molecule has 0 spiro atoms. The molecule has 0 aliphatic carbocycles. The van der Waals surface area contributed by atoms with Crippen LogP contribution in [0, 0.1) is 10.8 Å². The van der Waals surface area contributed by atoms with Crippen LogP contribution in [0.4, 0.5) is 0 Å². The van der Waals surface area contributed by atoms with Crippen LogP contribution >= 0.6 is 23.2 Å². The Morgan fingerprint density at radius 2 is 1.05 bits per heavy atom. The maximum Gasteiger partial charge on any atom is 0.154 e. The lowest BCUT2D eigenvalue weighted by molar-refractivity contribution is -0.126. The van der Waals surface area contributed by atoms with Gasteiger partial charge in [-0.25, -0.2) is 10.8 Å². The maximum absolute atomic E-state index is 10.3. The molecule has 0 unspecified atom stereocenters. The van der Waals surface area contributed by atoms with Crippen LogP contribution in [-0.2, 0) is 19.2 Å². The van der Waals surface area contributed by atoms with Crippen LogP contribution in [-0.4, -0.2) is 46.6 Å². The van der Waals surface area contributed by atoms with Crippen molar-refractivity contribution < 1.29 is 19.2 Å². The van der Waals surface area contributed by atoms with Crippen molar-refractivity contribution in [1.29, 1.82) is 10.8 Å². The summed E-state index contributed by atoms with van der Waals surface area (Å²) in [5, 5.41) is 11.8. The number of halogens is 2. The van der Waals surface area contributed by atoms with Gasteiger partial charge in [0.25, 0.3) is 0 Å². The van der Waals surface area contributed by atoms with Gasteiger partial charge in [0.2, 0.25) is 0 Å². The van der Waals surface area contributed by atoms with Crippen molar-refractivity contribution in [2.75, 3.05) is 11.8 Å². The molecule has 0 aliphatic rings. The normalized spacial score (nSPS) is 7.60. The molecule has 0 bridgehead atoms. The molecule has 0 aromatic rings. The highest BCUT2D eigenvalue weighted by Crippen LogP contribution is 1.87. The Balaban J connectivity index is -0.000000230. The number of alkyl halides is 2.